The predicted molar refractivity (Wildman–Crippen MR) is 54.2 cm³/mol. The van der Waals surface area contributed by atoms with Crippen molar-refractivity contribution in [3.8, 4) is 0 Å². The van der Waals surface area contributed by atoms with Crippen molar-refractivity contribution in [2.24, 2.45) is 0 Å². The summed E-state index contributed by atoms with van der Waals surface area (Å²) in [5.41, 5.74) is 1.08. The molecule has 0 atom stereocenters. The largest absolute Gasteiger partial charge is 0.389 e. The van der Waals surface area contributed by atoms with Gasteiger partial charge < -0.3 is 10.0 Å². The van der Waals surface area contributed by atoms with Crippen molar-refractivity contribution in [3.63, 3.8) is 0 Å². The second-order valence-corrected chi connectivity index (χ2v) is 3.68. The van der Waals surface area contributed by atoms with Crippen molar-refractivity contribution in [3.05, 3.63) is 18.1 Å². The number of nitrogens with zero attached hydrogens (tertiary/aromatic N) is 3. The first-order valence-corrected chi connectivity index (χ1v) is 5.03. The number of rotatable bonds is 3. The van der Waals surface area contributed by atoms with E-state index >= 15 is 0 Å². The quantitative estimate of drug-likeness (QED) is 0.764. The van der Waals surface area contributed by atoms with Crippen molar-refractivity contribution >= 4 is 5.82 Å². The molecule has 1 N–H and O–H groups in total. The molecule has 2 rings (SSSR count). The number of anilines is 1. The highest BCUT2D eigenvalue weighted by Crippen LogP contribution is 2.18. The maximum atomic E-state index is 9.17. The van der Waals surface area contributed by atoms with E-state index in [4.69, 9.17) is 5.11 Å². The molecule has 4 nitrogen and oxygen atoms in total. The lowest BCUT2D eigenvalue weighted by molar-refractivity contribution is 0.141. The van der Waals surface area contributed by atoms with E-state index in [2.05, 4.69) is 21.8 Å². The highest BCUT2D eigenvalue weighted by molar-refractivity contribution is 5.42. The Morgan fingerprint density at radius 1 is 1.50 bits per heavy atom. The van der Waals surface area contributed by atoms with Gasteiger partial charge in [-0.2, -0.15) is 0 Å². The second-order valence-electron chi connectivity index (χ2n) is 3.68. The van der Waals surface area contributed by atoms with Gasteiger partial charge in [-0.05, 0) is 6.42 Å². The fourth-order valence-electron chi connectivity index (χ4n) is 1.59. The molecule has 1 aliphatic rings. The van der Waals surface area contributed by atoms with Crippen LogP contribution in [0.1, 0.15) is 19.0 Å². The molecule has 0 aliphatic carbocycles. The van der Waals surface area contributed by atoms with Crippen LogP contribution in [0.25, 0.3) is 0 Å². The maximum absolute atomic E-state index is 9.17. The van der Waals surface area contributed by atoms with E-state index in [1.807, 2.05) is 6.07 Å². The third kappa shape index (κ3) is 1.85. The lowest BCUT2D eigenvalue weighted by Crippen LogP contribution is -2.51. The Bertz CT molecular complexity index is 310. The summed E-state index contributed by atoms with van der Waals surface area (Å²) in [6.45, 7) is 3.53. The van der Waals surface area contributed by atoms with Gasteiger partial charge in [-0.15, -0.1) is 0 Å². The normalized spacial score (nSPS) is 16.9. The molecule has 76 valence electrons. The Balaban J connectivity index is 2.06. The monoisotopic (exact) mass is 193 g/mol. The Kier molecular flexibility index (Phi) is 2.63. The number of aliphatic hydroxyl groups is 1. The number of aliphatic hydroxyl groups excluding tert-OH is 1. The summed E-state index contributed by atoms with van der Waals surface area (Å²) in [4.78, 5) is 10.4. The van der Waals surface area contributed by atoms with E-state index in [0.717, 1.165) is 24.4 Å². The van der Waals surface area contributed by atoms with Gasteiger partial charge in [0.25, 0.3) is 0 Å². The van der Waals surface area contributed by atoms with E-state index in [1.54, 1.807) is 6.33 Å². The van der Waals surface area contributed by atoms with Gasteiger partial charge in [-0.3, -0.25) is 0 Å². The van der Waals surface area contributed by atoms with Gasteiger partial charge >= 0.3 is 0 Å². The van der Waals surface area contributed by atoms with Crippen LogP contribution < -0.4 is 4.90 Å². The Hall–Kier alpha value is -1.16. The molecule has 0 bridgehead atoms. The zero-order chi connectivity index (χ0) is 9.97. The highest BCUT2D eigenvalue weighted by atomic mass is 16.3. The summed E-state index contributed by atoms with van der Waals surface area (Å²) in [5.74, 6) is 0.939. The fourth-order valence-corrected chi connectivity index (χ4v) is 1.59. The van der Waals surface area contributed by atoms with Crippen LogP contribution in [-0.2, 0) is 6.42 Å². The minimum Gasteiger partial charge on any atom is -0.389 e. The lowest BCUT2D eigenvalue weighted by Gasteiger charge is -2.36. The average Bonchev–Trinajstić information content (AvgIpc) is 2.14. The van der Waals surface area contributed by atoms with Crippen LogP contribution in [0.4, 0.5) is 5.82 Å². The first-order chi connectivity index (χ1) is 6.79. The molecule has 1 aromatic rings. The molecule has 0 spiro atoms. The minimum atomic E-state index is -0.181. The summed E-state index contributed by atoms with van der Waals surface area (Å²) < 4.78 is 0. The first kappa shape index (κ1) is 9.40. The zero-order valence-electron chi connectivity index (χ0n) is 8.35. The molecule has 0 radical (unpaired) electrons. The molecule has 4 heteroatoms. The van der Waals surface area contributed by atoms with Crippen LogP contribution in [0, 0.1) is 0 Å². The molecule has 0 unspecified atom stereocenters. The number of aryl methyl sites for hydroxylation is 1. The summed E-state index contributed by atoms with van der Waals surface area (Å²) in [7, 11) is 0. The smallest absolute Gasteiger partial charge is 0.132 e. The van der Waals surface area contributed by atoms with E-state index in [-0.39, 0.29) is 6.10 Å². The van der Waals surface area contributed by atoms with Crippen LogP contribution in [-0.4, -0.2) is 34.3 Å². The molecule has 0 amide bonds. The molecule has 14 heavy (non-hydrogen) atoms. The SMILES string of the molecule is CCCc1cc(N2CC(O)C2)ncn1. The first-order valence-electron chi connectivity index (χ1n) is 5.03. The predicted octanol–water partition coefficient (Wildman–Crippen LogP) is 0.610. The summed E-state index contributed by atoms with van der Waals surface area (Å²) >= 11 is 0. The number of hydrogen-bond donors (Lipinski definition) is 1. The number of hydrogen-bond acceptors (Lipinski definition) is 4. The minimum absolute atomic E-state index is 0.181. The van der Waals surface area contributed by atoms with Crippen molar-refractivity contribution in [2.75, 3.05) is 18.0 Å². The Labute approximate surface area is 83.6 Å². The van der Waals surface area contributed by atoms with Gasteiger partial charge in [0.05, 0.1) is 6.10 Å². The van der Waals surface area contributed by atoms with Gasteiger partial charge in [0.15, 0.2) is 0 Å². The van der Waals surface area contributed by atoms with Crippen LogP contribution in [0.15, 0.2) is 12.4 Å². The molecule has 0 saturated carbocycles. The second kappa shape index (κ2) is 3.92. The van der Waals surface area contributed by atoms with Gasteiger partial charge in [0.1, 0.15) is 12.1 Å². The van der Waals surface area contributed by atoms with Crippen LogP contribution in [0.3, 0.4) is 0 Å². The van der Waals surface area contributed by atoms with Crippen molar-refractivity contribution in [1.82, 2.24) is 9.97 Å². The highest BCUT2D eigenvalue weighted by Gasteiger charge is 2.25. The average molecular weight is 193 g/mol. The summed E-state index contributed by atoms with van der Waals surface area (Å²) in [5, 5.41) is 9.17. The topological polar surface area (TPSA) is 49.2 Å². The Morgan fingerprint density at radius 3 is 2.93 bits per heavy atom. The summed E-state index contributed by atoms with van der Waals surface area (Å²) in [6, 6.07) is 2.01. The summed E-state index contributed by atoms with van der Waals surface area (Å²) in [6.07, 6.45) is 3.51. The molecule has 1 saturated heterocycles. The maximum Gasteiger partial charge on any atom is 0.132 e. The third-order valence-corrected chi connectivity index (χ3v) is 2.40. The van der Waals surface area contributed by atoms with Crippen LogP contribution in [0.5, 0.6) is 0 Å². The van der Waals surface area contributed by atoms with Gasteiger partial charge in [0, 0.05) is 24.8 Å². The van der Waals surface area contributed by atoms with Crippen molar-refractivity contribution in [1.29, 1.82) is 0 Å². The van der Waals surface area contributed by atoms with Crippen LogP contribution in [0.2, 0.25) is 0 Å². The fraction of sp³-hybridized carbons (Fsp3) is 0.600. The van der Waals surface area contributed by atoms with E-state index in [1.165, 1.54) is 0 Å². The van der Waals surface area contributed by atoms with Gasteiger partial charge in [-0.1, -0.05) is 13.3 Å². The van der Waals surface area contributed by atoms with E-state index in [0.29, 0.717) is 13.1 Å². The third-order valence-electron chi connectivity index (χ3n) is 2.40. The molecule has 1 aromatic heterocycles. The van der Waals surface area contributed by atoms with E-state index in [9.17, 15) is 0 Å². The number of β-amino-alcohol motifs (C(OH)–C–C–N with tert-alkyl or cyclic N) is 1. The van der Waals surface area contributed by atoms with Crippen LogP contribution >= 0.6 is 0 Å². The lowest BCUT2D eigenvalue weighted by atomic mass is 10.1. The van der Waals surface area contributed by atoms with Gasteiger partial charge in [0.2, 0.25) is 0 Å². The Morgan fingerprint density at radius 2 is 2.29 bits per heavy atom. The molecule has 1 fully saturated rings. The molecular formula is C10H15N3O. The zero-order valence-corrected chi connectivity index (χ0v) is 8.35. The van der Waals surface area contributed by atoms with Gasteiger partial charge in [-0.25, -0.2) is 9.97 Å². The molecular weight excluding hydrogens is 178 g/mol. The molecule has 1 aliphatic heterocycles. The molecule has 2 heterocycles. The number of aromatic nitrogens is 2. The van der Waals surface area contributed by atoms with Crippen molar-refractivity contribution < 1.29 is 5.11 Å². The molecule has 0 aromatic carbocycles. The van der Waals surface area contributed by atoms with E-state index < -0.39 is 0 Å². The standard InChI is InChI=1S/C10H15N3O/c1-2-3-8-4-10(12-7-11-8)13-5-9(14)6-13/h4,7,9,14H,2-3,5-6H2,1H3. The van der Waals surface area contributed by atoms with Crippen molar-refractivity contribution in [2.45, 2.75) is 25.9 Å².